The lowest BCUT2D eigenvalue weighted by Crippen LogP contribution is -2.29. The van der Waals surface area contributed by atoms with Crippen LogP contribution in [-0.4, -0.2) is 15.1 Å². The Hall–Kier alpha value is -2.00. The molecule has 0 spiro atoms. The molecule has 3 heterocycles. The molecule has 1 aromatic carbocycles. The van der Waals surface area contributed by atoms with Gasteiger partial charge >= 0.3 is 0 Å². The van der Waals surface area contributed by atoms with E-state index in [4.69, 9.17) is 12.2 Å². The van der Waals surface area contributed by atoms with Crippen molar-refractivity contribution >= 4 is 45.6 Å². The molecule has 7 heteroatoms. The van der Waals surface area contributed by atoms with Crippen molar-refractivity contribution in [1.82, 2.24) is 15.3 Å². The van der Waals surface area contributed by atoms with Crippen LogP contribution in [-0.2, 0) is 0 Å². The second-order valence-electron chi connectivity index (χ2n) is 6.58. The fourth-order valence-corrected chi connectivity index (χ4v) is 4.85. The maximum absolute atomic E-state index is 13.5. The maximum Gasteiger partial charge on any atom is 0.174 e. The first-order valence-corrected chi connectivity index (χ1v) is 10.1. The molecule has 3 aromatic rings. The van der Waals surface area contributed by atoms with Crippen LogP contribution in [0.5, 0.6) is 0 Å². The predicted octanol–water partition coefficient (Wildman–Crippen LogP) is 4.95. The Balaban J connectivity index is 1.89. The number of hydrogen-bond acceptors (Lipinski definition) is 2. The Labute approximate surface area is 176 Å². The second-order valence-corrected chi connectivity index (χ2v) is 8.04. The third kappa shape index (κ3) is 3.23. The van der Waals surface area contributed by atoms with E-state index < -0.39 is 0 Å². The standard InChI is InChI=1S/C20H18FIN4S/c1-11-16(17(22)12(2)24-11)19-18(15-5-3-4-10-23-15)25-20(27)26(19)14-8-6-13(21)7-9-14/h3-10,18-19,24H,1-2H3,(H,25,27). The summed E-state index contributed by atoms with van der Waals surface area (Å²) < 4.78 is 14.7. The van der Waals surface area contributed by atoms with Crippen LogP contribution in [0.4, 0.5) is 10.1 Å². The van der Waals surface area contributed by atoms with E-state index in [1.54, 1.807) is 18.3 Å². The van der Waals surface area contributed by atoms with E-state index in [9.17, 15) is 4.39 Å². The number of nitrogens with one attached hydrogen (secondary N) is 2. The Morgan fingerprint density at radius 2 is 1.85 bits per heavy atom. The van der Waals surface area contributed by atoms with Crippen LogP contribution < -0.4 is 10.2 Å². The summed E-state index contributed by atoms with van der Waals surface area (Å²) in [6.07, 6.45) is 1.79. The number of benzene rings is 1. The van der Waals surface area contributed by atoms with Crippen molar-refractivity contribution in [3.8, 4) is 0 Å². The zero-order valence-corrected chi connectivity index (χ0v) is 17.8. The van der Waals surface area contributed by atoms with Gasteiger partial charge in [0.25, 0.3) is 0 Å². The van der Waals surface area contributed by atoms with E-state index in [1.807, 2.05) is 18.2 Å². The predicted molar refractivity (Wildman–Crippen MR) is 117 cm³/mol. The van der Waals surface area contributed by atoms with Crippen LogP contribution in [0.15, 0.2) is 48.7 Å². The molecular formula is C20H18FIN4S. The van der Waals surface area contributed by atoms with Gasteiger partial charge in [0.1, 0.15) is 5.82 Å². The number of hydrogen-bond donors (Lipinski definition) is 2. The molecular weight excluding hydrogens is 474 g/mol. The molecule has 1 fully saturated rings. The van der Waals surface area contributed by atoms with Gasteiger partial charge in [-0.05, 0) is 85.1 Å². The summed E-state index contributed by atoms with van der Waals surface area (Å²) in [6.45, 7) is 4.14. The molecule has 1 aliphatic rings. The number of anilines is 1. The van der Waals surface area contributed by atoms with Crippen LogP contribution in [0, 0.1) is 23.2 Å². The third-order valence-electron chi connectivity index (χ3n) is 4.84. The quantitative estimate of drug-likeness (QED) is 0.402. The highest BCUT2D eigenvalue weighted by molar-refractivity contribution is 14.1. The van der Waals surface area contributed by atoms with Crippen molar-refractivity contribution in [1.29, 1.82) is 0 Å². The Morgan fingerprint density at radius 1 is 1.11 bits per heavy atom. The molecule has 0 amide bonds. The summed E-state index contributed by atoms with van der Waals surface area (Å²) in [6, 6.07) is 12.1. The van der Waals surface area contributed by atoms with Gasteiger partial charge < -0.3 is 15.2 Å². The summed E-state index contributed by atoms with van der Waals surface area (Å²) in [5.41, 5.74) is 5.18. The van der Waals surface area contributed by atoms with Gasteiger partial charge in [0, 0.05) is 32.4 Å². The average molecular weight is 492 g/mol. The maximum atomic E-state index is 13.5. The fourth-order valence-electron chi connectivity index (χ4n) is 3.65. The highest BCUT2D eigenvalue weighted by Gasteiger charge is 2.42. The van der Waals surface area contributed by atoms with E-state index in [0.717, 1.165) is 22.8 Å². The zero-order valence-electron chi connectivity index (χ0n) is 14.8. The number of pyridine rings is 1. The largest absolute Gasteiger partial charge is 0.362 e. The van der Waals surface area contributed by atoms with Crippen molar-refractivity contribution in [2.75, 3.05) is 4.90 Å². The number of aryl methyl sites for hydroxylation is 2. The van der Waals surface area contributed by atoms with E-state index in [1.165, 1.54) is 21.3 Å². The normalized spacial score (nSPS) is 19.4. The summed E-state index contributed by atoms with van der Waals surface area (Å²) in [5, 5.41) is 4.04. The number of aromatic amines is 1. The number of nitrogens with zero attached hydrogens (tertiary/aromatic N) is 2. The molecule has 0 radical (unpaired) electrons. The molecule has 0 bridgehead atoms. The SMILES string of the molecule is Cc1[nH]c(C)c(C2C(c3ccccn3)NC(=S)N2c2ccc(F)cc2)c1I. The first-order valence-electron chi connectivity index (χ1n) is 8.58. The molecule has 1 saturated heterocycles. The molecule has 2 unspecified atom stereocenters. The van der Waals surface area contributed by atoms with Crippen LogP contribution in [0.3, 0.4) is 0 Å². The van der Waals surface area contributed by atoms with Gasteiger partial charge in [-0.1, -0.05) is 6.07 Å². The summed E-state index contributed by atoms with van der Waals surface area (Å²) in [7, 11) is 0. The molecule has 2 aromatic heterocycles. The van der Waals surface area contributed by atoms with Gasteiger partial charge in [0.15, 0.2) is 5.11 Å². The average Bonchev–Trinajstić information content (AvgIpc) is 3.12. The minimum Gasteiger partial charge on any atom is -0.362 e. The zero-order chi connectivity index (χ0) is 19.1. The fraction of sp³-hybridized carbons (Fsp3) is 0.200. The van der Waals surface area contributed by atoms with Gasteiger partial charge in [-0.25, -0.2) is 4.39 Å². The van der Waals surface area contributed by atoms with Crippen LogP contribution in [0.25, 0.3) is 0 Å². The Bertz CT molecular complexity index is 987. The Morgan fingerprint density at radius 3 is 2.44 bits per heavy atom. The summed E-state index contributed by atoms with van der Waals surface area (Å²) >= 11 is 8.06. The van der Waals surface area contributed by atoms with Gasteiger partial charge in [0.2, 0.25) is 0 Å². The van der Waals surface area contributed by atoms with Crippen molar-refractivity contribution < 1.29 is 4.39 Å². The van der Waals surface area contributed by atoms with Gasteiger partial charge in [0.05, 0.1) is 17.8 Å². The smallest absolute Gasteiger partial charge is 0.174 e. The van der Waals surface area contributed by atoms with Crippen LogP contribution >= 0.6 is 34.8 Å². The van der Waals surface area contributed by atoms with E-state index >= 15 is 0 Å². The van der Waals surface area contributed by atoms with Gasteiger partial charge in [-0.15, -0.1) is 0 Å². The molecule has 2 atom stereocenters. The number of halogens is 2. The summed E-state index contributed by atoms with van der Waals surface area (Å²) in [4.78, 5) is 10.1. The van der Waals surface area contributed by atoms with Gasteiger partial charge in [-0.3, -0.25) is 4.98 Å². The lowest BCUT2D eigenvalue weighted by molar-refractivity contribution is 0.564. The van der Waals surface area contributed by atoms with E-state index in [0.29, 0.717) is 5.11 Å². The van der Waals surface area contributed by atoms with Crippen molar-refractivity contribution in [2.45, 2.75) is 25.9 Å². The molecule has 1 aliphatic heterocycles. The molecule has 138 valence electrons. The van der Waals surface area contributed by atoms with Crippen molar-refractivity contribution in [3.05, 3.63) is 80.7 Å². The molecule has 0 aliphatic carbocycles. The monoisotopic (exact) mass is 492 g/mol. The minimum atomic E-state index is -0.266. The van der Waals surface area contributed by atoms with Gasteiger partial charge in [-0.2, -0.15) is 0 Å². The lowest BCUT2D eigenvalue weighted by Gasteiger charge is -2.28. The third-order valence-corrected chi connectivity index (χ3v) is 6.55. The highest BCUT2D eigenvalue weighted by Crippen LogP contribution is 2.44. The van der Waals surface area contributed by atoms with Crippen LogP contribution in [0.1, 0.15) is 34.7 Å². The topological polar surface area (TPSA) is 44.0 Å². The van der Waals surface area contributed by atoms with E-state index in [2.05, 4.69) is 56.6 Å². The Kier molecular flexibility index (Phi) is 4.90. The molecule has 27 heavy (non-hydrogen) atoms. The minimum absolute atomic E-state index is 0.0882. The number of thiocarbonyl (C=S) groups is 1. The molecule has 4 rings (SSSR count). The highest BCUT2D eigenvalue weighted by atomic mass is 127. The second kappa shape index (κ2) is 7.20. The first kappa shape index (κ1) is 18.4. The number of rotatable bonds is 3. The first-order chi connectivity index (χ1) is 13.0. The molecule has 2 N–H and O–H groups in total. The summed E-state index contributed by atoms with van der Waals surface area (Å²) in [5.74, 6) is -0.266. The van der Waals surface area contributed by atoms with E-state index in [-0.39, 0.29) is 17.9 Å². The van der Waals surface area contributed by atoms with Crippen LogP contribution in [0.2, 0.25) is 0 Å². The number of H-pyrrole nitrogens is 1. The number of aromatic nitrogens is 2. The molecule has 0 saturated carbocycles. The molecule has 4 nitrogen and oxygen atoms in total. The lowest BCUT2D eigenvalue weighted by atomic mass is 9.96. The van der Waals surface area contributed by atoms with Crippen molar-refractivity contribution in [2.24, 2.45) is 0 Å². The van der Waals surface area contributed by atoms with Crippen molar-refractivity contribution in [3.63, 3.8) is 0 Å².